The van der Waals surface area contributed by atoms with Crippen molar-refractivity contribution in [3.8, 4) is 0 Å². The molecule has 1 amide bonds. The molecular formula is C15H26N2O4. The average Bonchev–Trinajstić information content (AvgIpc) is 2.48. The highest BCUT2D eigenvalue weighted by Gasteiger charge is 2.37. The maximum Gasteiger partial charge on any atom is 0.305 e. The van der Waals surface area contributed by atoms with Crippen molar-refractivity contribution in [2.45, 2.75) is 56.5 Å². The number of carbonyl (C=O) groups excluding carboxylic acids is 1. The molecule has 0 aromatic carbocycles. The van der Waals surface area contributed by atoms with Crippen LogP contribution in [0.4, 0.5) is 0 Å². The number of nitrogens with one attached hydrogen (secondary N) is 1. The van der Waals surface area contributed by atoms with Gasteiger partial charge in [-0.05, 0) is 19.9 Å². The van der Waals surface area contributed by atoms with Gasteiger partial charge in [0.05, 0.1) is 25.7 Å². The van der Waals surface area contributed by atoms with Crippen LogP contribution in [0, 0.1) is 0 Å². The molecule has 1 atom stereocenters. The molecule has 120 valence electrons. The van der Waals surface area contributed by atoms with Crippen LogP contribution in [0.2, 0.25) is 0 Å². The van der Waals surface area contributed by atoms with Gasteiger partial charge in [-0.15, -0.1) is 0 Å². The fraction of sp³-hybridized carbons (Fsp3) is 0.867. The van der Waals surface area contributed by atoms with Gasteiger partial charge in [0.1, 0.15) is 0 Å². The third-order valence-electron chi connectivity index (χ3n) is 4.79. The summed E-state index contributed by atoms with van der Waals surface area (Å²) in [5, 5.41) is 12.3. The van der Waals surface area contributed by atoms with E-state index in [4.69, 9.17) is 9.84 Å². The van der Waals surface area contributed by atoms with E-state index in [1.165, 1.54) is 6.42 Å². The number of hydrogen-bond acceptors (Lipinski definition) is 4. The zero-order chi connectivity index (χ0) is 15.3. The summed E-state index contributed by atoms with van der Waals surface area (Å²) in [6, 6.07) is -0.332. The first-order valence-corrected chi connectivity index (χ1v) is 7.84. The van der Waals surface area contributed by atoms with Crippen LogP contribution < -0.4 is 5.32 Å². The molecule has 1 aliphatic carbocycles. The van der Waals surface area contributed by atoms with Crippen LogP contribution in [0.5, 0.6) is 0 Å². The fourth-order valence-electron chi connectivity index (χ4n) is 3.49. The standard InChI is InChI=1S/C15H26N2O4/c1-16-15(5-3-2-4-6-15)10-13(18)17-7-8-21-11-12(17)9-14(19)20/h12,16H,2-11H2,1H3,(H,19,20). The van der Waals surface area contributed by atoms with Crippen LogP contribution >= 0.6 is 0 Å². The summed E-state index contributed by atoms with van der Waals surface area (Å²) in [4.78, 5) is 25.3. The Morgan fingerprint density at radius 2 is 2.05 bits per heavy atom. The second kappa shape index (κ2) is 7.22. The molecule has 2 rings (SSSR count). The van der Waals surface area contributed by atoms with E-state index < -0.39 is 5.97 Å². The molecule has 21 heavy (non-hydrogen) atoms. The quantitative estimate of drug-likeness (QED) is 0.791. The fourth-order valence-corrected chi connectivity index (χ4v) is 3.49. The molecule has 0 aromatic rings. The minimum atomic E-state index is -0.885. The van der Waals surface area contributed by atoms with Crippen LogP contribution in [0.3, 0.4) is 0 Å². The van der Waals surface area contributed by atoms with Gasteiger partial charge < -0.3 is 20.1 Å². The summed E-state index contributed by atoms with van der Waals surface area (Å²) in [5.74, 6) is -0.829. The number of carboxylic acid groups (broad SMARTS) is 1. The van der Waals surface area contributed by atoms with Crippen LogP contribution in [0.25, 0.3) is 0 Å². The van der Waals surface area contributed by atoms with E-state index in [1.54, 1.807) is 4.90 Å². The molecular weight excluding hydrogens is 272 g/mol. The van der Waals surface area contributed by atoms with E-state index in [9.17, 15) is 9.59 Å². The molecule has 0 aromatic heterocycles. The van der Waals surface area contributed by atoms with Gasteiger partial charge in [-0.2, -0.15) is 0 Å². The molecule has 2 fully saturated rings. The van der Waals surface area contributed by atoms with Gasteiger partial charge >= 0.3 is 5.97 Å². The number of rotatable bonds is 5. The monoisotopic (exact) mass is 298 g/mol. The van der Waals surface area contributed by atoms with Gasteiger partial charge in [-0.1, -0.05) is 19.3 Å². The van der Waals surface area contributed by atoms with E-state index in [1.807, 2.05) is 7.05 Å². The SMILES string of the molecule is CNC1(CC(=O)N2CCOCC2CC(=O)O)CCCCC1. The number of ether oxygens (including phenoxy) is 1. The second-order valence-corrected chi connectivity index (χ2v) is 6.18. The highest BCUT2D eigenvalue weighted by Crippen LogP contribution is 2.31. The van der Waals surface area contributed by atoms with Crippen LogP contribution in [-0.4, -0.2) is 60.3 Å². The molecule has 2 aliphatic rings. The molecule has 1 saturated carbocycles. The molecule has 1 saturated heterocycles. The number of carbonyl (C=O) groups is 2. The zero-order valence-electron chi connectivity index (χ0n) is 12.8. The van der Waals surface area contributed by atoms with Crippen LogP contribution in [0.15, 0.2) is 0 Å². The predicted molar refractivity (Wildman–Crippen MR) is 78.1 cm³/mol. The summed E-state index contributed by atoms with van der Waals surface area (Å²) in [7, 11) is 1.92. The van der Waals surface area contributed by atoms with Crippen molar-refractivity contribution in [2.75, 3.05) is 26.8 Å². The van der Waals surface area contributed by atoms with Crippen LogP contribution in [0.1, 0.15) is 44.9 Å². The minimum Gasteiger partial charge on any atom is -0.481 e. The molecule has 1 unspecified atom stereocenters. The highest BCUT2D eigenvalue weighted by molar-refractivity contribution is 5.79. The first-order valence-electron chi connectivity index (χ1n) is 7.84. The third-order valence-corrected chi connectivity index (χ3v) is 4.79. The average molecular weight is 298 g/mol. The summed E-state index contributed by atoms with van der Waals surface area (Å²) in [6.07, 6.45) is 5.98. The van der Waals surface area contributed by atoms with Crippen molar-refractivity contribution in [1.29, 1.82) is 0 Å². The van der Waals surface area contributed by atoms with Crippen molar-refractivity contribution < 1.29 is 19.4 Å². The van der Waals surface area contributed by atoms with Gasteiger partial charge in [0, 0.05) is 18.5 Å². The Hall–Kier alpha value is -1.14. The third kappa shape index (κ3) is 4.17. The van der Waals surface area contributed by atoms with E-state index in [0.29, 0.717) is 26.2 Å². The van der Waals surface area contributed by atoms with E-state index in [2.05, 4.69) is 5.32 Å². The van der Waals surface area contributed by atoms with Crippen molar-refractivity contribution >= 4 is 11.9 Å². The second-order valence-electron chi connectivity index (χ2n) is 6.18. The predicted octanol–water partition coefficient (Wildman–Crippen LogP) is 1.00. The molecule has 0 spiro atoms. The normalized spacial score (nSPS) is 25.6. The first-order chi connectivity index (χ1) is 10.1. The lowest BCUT2D eigenvalue weighted by molar-refractivity contribution is -0.147. The maximum absolute atomic E-state index is 12.7. The zero-order valence-corrected chi connectivity index (χ0v) is 12.8. The largest absolute Gasteiger partial charge is 0.481 e. The lowest BCUT2D eigenvalue weighted by Gasteiger charge is -2.41. The Morgan fingerprint density at radius 1 is 1.33 bits per heavy atom. The number of nitrogens with zero attached hydrogens (tertiary/aromatic N) is 1. The van der Waals surface area contributed by atoms with Gasteiger partial charge in [0.25, 0.3) is 0 Å². The van der Waals surface area contributed by atoms with Crippen LogP contribution in [-0.2, 0) is 14.3 Å². The van der Waals surface area contributed by atoms with Crippen molar-refractivity contribution in [1.82, 2.24) is 10.2 Å². The lowest BCUT2D eigenvalue weighted by Crippen LogP contribution is -2.54. The van der Waals surface area contributed by atoms with Crippen molar-refractivity contribution in [3.05, 3.63) is 0 Å². The molecule has 1 heterocycles. The lowest BCUT2D eigenvalue weighted by atomic mass is 9.79. The van der Waals surface area contributed by atoms with E-state index in [-0.39, 0.29) is 23.9 Å². The summed E-state index contributed by atoms with van der Waals surface area (Å²) in [5.41, 5.74) is -0.110. The Balaban J connectivity index is 2.00. The Kier molecular flexibility index (Phi) is 5.58. The molecule has 1 aliphatic heterocycles. The summed E-state index contributed by atoms with van der Waals surface area (Å²) < 4.78 is 5.33. The van der Waals surface area contributed by atoms with E-state index >= 15 is 0 Å². The van der Waals surface area contributed by atoms with Gasteiger partial charge in [-0.25, -0.2) is 0 Å². The topological polar surface area (TPSA) is 78.9 Å². The van der Waals surface area contributed by atoms with Gasteiger partial charge in [0.15, 0.2) is 0 Å². The van der Waals surface area contributed by atoms with Gasteiger partial charge in [-0.3, -0.25) is 9.59 Å². The Bertz CT molecular complexity index is 380. The molecule has 6 nitrogen and oxygen atoms in total. The highest BCUT2D eigenvalue weighted by atomic mass is 16.5. The number of amides is 1. The Labute approximate surface area is 125 Å². The molecule has 2 N–H and O–H groups in total. The number of carboxylic acids is 1. The van der Waals surface area contributed by atoms with Crippen molar-refractivity contribution in [2.24, 2.45) is 0 Å². The van der Waals surface area contributed by atoms with Gasteiger partial charge in [0.2, 0.25) is 5.91 Å². The number of hydrogen-bond donors (Lipinski definition) is 2. The molecule has 0 radical (unpaired) electrons. The first kappa shape index (κ1) is 16.2. The summed E-state index contributed by atoms with van der Waals surface area (Å²) in [6.45, 7) is 1.32. The van der Waals surface area contributed by atoms with Crippen molar-refractivity contribution in [3.63, 3.8) is 0 Å². The minimum absolute atomic E-state index is 0.0434. The maximum atomic E-state index is 12.7. The smallest absolute Gasteiger partial charge is 0.305 e. The number of aliphatic carboxylic acids is 1. The number of morpholine rings is 1. The molecule has 6 heteroatoms. The Morgan fingerprint density at radius 3 is 2.67 bits per heavy atom. The molecule has 0 bridgehead atoms. The van der Waals surface area contributed by atoms with E-state index in [0.717, 1.165) is 25.7 Å². The summed E-state index contributed by atoms with van der Waals surface area (Å²) >= 11 is 0.